The summed E-state index contributed by atoms with van der Waals surface area (Å²) in [5.74, 6) is 2.47. The Kier molecular flexibility index (Phi) is 5.81. The number of aromatic nitrogens is 4. The van der Waals surface area contributed by atoms with Gasteiger partial charge >= 0.3 is 6.18 Å². The lowest BCUT2D eigenvalue weighted by molar-refractivity contribution is -0.137. The smallest absolute Gasteiger partial charge is 0.288 e. The molecule has 1 unspecified atom stereocenters. The molecule has 1 aromatic carbocycles. The van der Waals surface area contributed by atoms with E-state index >= 15 is 0 Å². The predicted molar refractivity (Wildman–Crippen MR) is 99.6 cm³/mol. The predicted octanol–water partition coefficient (Wildman–Crippen LogP) is 3.98. The van der Waals surface area contributed by atoms with E-state index in [-0.39, 0.29) is 5.54 Å². The number of nitrogens with zero attached hydrogens (tertiary/aromatic N) is 5. The number of tetrazole rings is 1. The summed E-state index contributed by atoms with van der Waals surface area (Å²) in [4.78, 5) is 2.18. The molecule has 0 bridgehead atoms. The topological polar surface area (TPSA) is 46.8 Å². The molecule has 27 heavy (non-hydrogen) atoms. The van der Waals surface area contributed by atoms with Crippen LogP contribution < -0.4 is 0 Å². The van der Waals surface area contributed by atoms with Gasteiger partial charge in [-0.1, -0.05) is 19.1 Å². The first-order valence-corrected chi connectivity index (χ1v) is 10.2. The number of benzene rings is 1. The highest BCUT2D eigenvalue weighted by Crippen LogP contribution is 2.36. The van der Waals surface area contributed by atoms with Crippen molar-refractivity contribution in [3.05, 3.63) is 41.2 Å². The van der Waals surface area contributed by atoms with Crippen LogP contribution in [0.15, 0.2) is 24.3 Å². The standard InChI is InChI=1S/C18H24F3N5S/c1-4-17(2,3)26-16(22-23-24-26)15(25-8-10-27-11-9-25)13-6-5-7-14(12-13)18(19,20)21/h5-7,12,15H,4,8-11H2,1-3H3. The summed E-state index contributed by atoms with van der Waals surface area (Å²) in [7, 11) is 0. The maximum Gasteiger partial charge on any atom is 0.416 e. The zero-order chi connectivity index (χ0) is 19.7. The Hall–Kier alpha value is -1.61. The Bertz CT molecular complexity index is 768. The number of thioether (sulfide) groups is 1. The second-order valence-electron chi connectivity index (χ2n) is 7.29. The molecule has 1 aliphatic heterocycles. The lowest BCUT2D eigenvalue weighted by Crippen LogP contribution is -2.40. The van der Waals surface area contributed by atoms with Gasteiger partial charge in [0.25, 0.3) is 0 Å². The van der Waals surface area contributed by atoms with Crippen molar-refractivity contribution in [3.63, 3.8) is 0 Å². The summed E-state index contributed by atoms with van der Waals surface area (Å²) in [6.45, 7) is 7.67. The molecule has 148 valence electrons. The largest absolute Gasteiger partial charge is 0.416 e. The Labute approximate surface area is 161 Å². The summed E-state index contributed by atoms with van der Waals surface area (Å²) in [5, 5.41) is 12.3. The molecule has 9 heteroatoms. The van der Waals surface area contributed by atoms with Crippen LogP contribution in [0.25, 0.3) is 0 Å². The van der Waals surface area contributed by atoms with Crippen LogP contribution in [0.2, 0.25) is 0 Å². The fraction of sp³-hybridized carbons (Fsp3) is 0.611. The number of hydrogen-bond acceptors (Lipinski definition) is 5. The average Bonchev–Trinajstić information content (AvgIpc) is 3.13. The van der Waals surface area contributed by atoms with Crippen LogP contribution in [0.1, 0.15) is 50.2 Å². The Morgan fingerprint density at radius 2 is 1.89 bits per heavy atom. The molecule has 5 nitrogen and oxygen atoms in total. The molecule has 2 aromatic rings. The SMILES string of the molecule is CCC(C)(C)n1nnnc1C(c1cccc(C(F)(F)F)c1)N1CCSCC1. The lowest BCUT2D eigenvalue weighted by atomic mass is 9.98. The average molecular weight is 399 g/mol. The Morgan fingerprint density at radius 1 is 1.19 bits per heavy atom. The summed E-state index contributed by atoms with van der Waals surface area (Å²) in [6, 6.07) is 5.12. The van der Waals surface area contributed by atoms with E-state index in [1.807, 2.05) is 32.5 Å². The van der Waals surface area contributed by atoms with E-state index < -0.39 is 17.8 Å². The Balaban J connectivity index is 2.10. The number of alkyl halides is 3. The summed E-state index contributed by atoms with van der Waals surface area (Å²) in [5.41, 5.74) is -0.409. The van der Waals surface area contributed by atoms with Gasteiger partial charge in [-0.3, -0.25) is 4.90 Å². The van der Waals surface area contributed by atoms with Crippen molar-refractivity contribution in [2.75, 3.05) is 24.6 Å². The fourth-order valence-corrected chi connectivity index (χ4v) is 4.12. The van der Waals surface area contributed by atoms with Crippen LogP contribution in [-0.2, 0) is 11.7 Å². The van der Waals surface area contributed by atoms with Gasteiger partial charge in [0.05, 0.1) is 17.1 Å². The van der Waals surface area contributed by atoms with Gasteiger partial charge in [-0.25, -0.2) is 4.68 Å². The fourth-order valence-electron chi connectivity index (χ4n) is 3.19. The van der Waals surface area contributed by atoms with E-state index in [1.165, 1.54) is 12.1 Å². The van der Waals surface area contributed by atoms with E-state index in [0.717, 1.165) is 37.1 Å². The first kappa shape index (κ1) is 20.1. The van der Waals surface area contributed by atoms with E-state index in [2.05, 4.69) is 20.4 Å². The van der Waals surface area contributed by atoms with Gasteiger partial charge in [-0.05, 0) is 48.4 Å². The van der Waals surface area contributed by atoms with Gasteiger partial charge < -0.3 is 0 Å². The van der Waals surface area contributed by atoms with Crippen molar-refractivity contribution in [3.8, 4) is 0 Å². The minimum absolute atomic E-state index is 0.330. The third kappa shape index (κ3) is 4.29. The van der Waals surface area contributed by atoms with E-state index in [9.17, 15) is 13.2 Å². The number of halogens is 3. The Morgan fingerprint density at radius 3 is 2.52 bits per heavy atom. The maximum atomic E-state index is 13.3. The molecule has 0 saturated carbocycles. The van der Waals surface area contributed by atoms with E-state index in [1.54, 1.807) is 10.7 Å². The zero-order valence-corrected chi connectivity index (χ0v) is 16.5. The second kappa shape index (κ2) is 7.79. The highest BCUT2D eigenvalue weighted by molar-refractivity contribution is 7.99. The van der Waals surface area contributed by atoms with E-state index in [4.69, 9.17) is 0 Å². The van der Waals surface area contributed by atoms with Gasteiger partial charge in [0.15, 0.2) is 5.82 Å². The molecule has 1 saturated heterocycles. The van der Waals surface area contributed by atoms with Gasteiger partial charge in [-0.15, -0.1) is 5.10 Å². The number of rotatable bonds is 5. The number of hydrogen-bond donors (Lipinski definition) is 0. The molecule has 2 heterocycles. The van der Waals surface area contributed by atoms with Crippen LogP contribution in [0.4, 0.5) is 13.2 Å². The molecular weight excluding hydrogens is 375 g/mol. The molecule has 0 radical (unpaired) electrons. The first-order chi connectivity index (χ1) is 12.7. The summed E-state index contributed by atoms with van der Waals surface area (Å²) in [6.07, 6.45) is -3.58. The van der Waals surface area contributed by atoms with Crippen molar-refractivity contribution >= 4 is 11.8 Å². The second-order valence-corrected chi connectivity index (χ2v) is 8.51. The summed E-state index contributed by atoms with van der Waals surface area (Å²) < 4.78 is 41.6. The summed E-state index contributed by atoms with van der Waals surface area (Å²) >= 11 is 1.85. The quantitative estimate of drug-likeness (QED) is 0.761. The van der Waals surface area contributed by atoms with Crippen molar-refractivity contribution < 1.29 is 13.2 Å². The molecule has 0 N–H and O–H groups in total. The van der Waals surface area contributed by atoms with Crippen molar-refractivity contribution in [2.45, 2.75) is 44.9 Å². The van der Waals surface area contributed by atoms with E-state index in [0.29, 0.717) is 11.4 Å². The molecule has 1 aliphatic rings. The monoisotopic (exact) mass is 399 g/mol. The molecule has 0 aliphatic carbocycles. The van der Waals surface area contributed by atoms with Gasteiger partial charge in [0, 0.05) is 24.6 Å². The van der Waals surface area contributed by atoms with Crippen LogP contribution in [0.5, 0.6) is 0 Å². The lowest BCUT2D eigenvalue weighted by Gasteiger charge is -2.35. The molecular formula is C18H24F3N5S. The van der Waals surface area contributed by atoms with Gasteiger partial charge in [-0.2, -0.15) is 24.9 Å². The molecule has 0 amide bonds. The van der Waals surface area contributed by atoms with Gasteiger partial charge in [0.1, 0.15) is 0 Å². The van der Waals surface area contributed by atoms with Crippen molar-refractivity contribution in [1.29, 1.82) is 0 Å². The molecule has 0 spiro atoms. The van der Waals surface area contributed by atoms with Crippen molar-refractivity contribution in [2.24, 2.45) is 0 Å². The maximum absolute atomic E-state index is 13.3. The minimum Gasteiger partial charge on any atom is -0.288 e. The van der Waals surface area contributed by atoms with Crippen LogP contribution in [-0.4, -0.2) is 49.7 Å². The van der Waals surface area contributed by atoms with Crippen LogP contribution >= 0.6 is 11.8 Å². The van der Waals surface area contributed by atoms with Crippen LogP contribution in [0, 0.1) is 0 Å². The third-order valence-corrected chi connectivity index (χ3v) is 6.06. The molecule has 1 aromatic heterocycles. The molecule has 3 rings (SSSR count). The third-order valence-electron chi connectivity index (χ3n) is 5.12. The molecule has 1 fully saturated rings. The highest BCUT2D eigenvalue weighted by atomic mass is 32.2. The normalized spacial score (nSPS) is 17.9. The minimum atomic E-state index is -4.38. The van der Waals surface area contributed by atoms with Gasteiger partial charge in [0.2, 0.25) is 0 Å². The molecule has 1 atom stereocenters. The highest BCUT2D eigenvalue weighted by Gasteiger charge is 2.35. The first-order valence-electron chi connectivity index (χ1n) is 9.02. The zero-order valence-electron chi connectivity index (χ0n) is 15.7. The van der Waals surface area contributed by atoms with Crippen LogP contribution in [0.3, 0.4) is 0 Å². The van der Waals surface area contributed by atoms with Crippen molar-refractivity contribution in [1.82, 2.24) is 25.1 Å².